The van der Waals surface area contributed by atoms with Crippen molar-refractivity contribution in [1.29, 1.82) is 0 Å². The van der Waals surface area contributed by atoms with E-state index in [-0.39, 0.29) is 49.1 Å². The van der Waals surface area contributed by atoms with Crippen molar-refractivity contribution in [1.82, 2.24) is 0 Å². The van der Waals surface area contributed by atoms with E-state index in [2.05, 4.69) is 123 Å². The first-order valence-corrected chi connectivity index (χ1v) is 23.4. The molecule has 0 aromatic carbocycles. The second-order valence-corrected chi connectivity index (χ2v) is 16.3. The average molecular weight is 849 g/mol. The molecule has 0 heterocycles. The molecule has 0 aromatic rings. The van der Waals surface area contributed by atoms with Crippen molar-refractivity contribution in [3.63, 3.8) is 0 Å². The molecule has 0 aliphatic rings. The van der Waals surface area contributed by atoms with Crippen LogP contribution in [-0.4, -0.2) is 80.6 Å². The maximum Gasteiger partial charge on any atom is 0.362 e. The Labute approximate surface area is 372 Å². The molecule has 8 nitrogen and oxygen atoms in total. The predicted molar refractivity (Wildman–Crippen MR) is 256 cm³/mol. The molecular weight excluding hydrogens is 763 g/mol. The van der Waals surface area contributed by atoms with Crippen molar-refractivity contribution >= 4 is 17.9 Å². The minimum Gasteiger partial charge on any atom is -0.477 e. The van der Waals surface area contributed by atoms with Crippen LogP contribution in [-0.2, 0) is 28.6 Å². The minimum atomic E-state index is -0.892. The van der Waals surface area contributed by atoms with Gasteiger partial charge in [-0.2, -0.15) is 0 Å². The van der Waals surface area contributed by atoms with E-state index in [1.807, 2.05) is 21.1 Å². The molecule has 0 aliphatic heterocycles. The number of carboxylic acid groups (broad SMARTS) is 1. The third-order valence-corrected chi connectivity index (χ3v) is 9.66. The van der Waals surface area contributed by atoms with Crippen molar-refractivity contribution in [3.8, 4) is 0 Å². The molecule has 61 heavy (non-hydrogen) atoms. The number of hydrogen-bond acceptors (Lipinski definition) is 6. The summed E-state index contributed by atoms with van der Waals surface area (Å²) in [6.45, 7) is 4.49. The number of nitrogens with zero attached hydrogens (tertiary/aromatic N) is 1. The van der Waals surface area contributed by atoms with E-state index in [9.17, 15) is 19.5 Å². The number of hydrogen-bond donors (Lipinski definition) is 1. The first-order valence-electron chi connectivity index (χ1n) is 23.4. The Kier molecular flexibility index (Phi) is 39.9. The number of carboxylic acids is 1. The van der Waals surface area contributed by atoms with Crippen molar-refractivity contribution in [3.05, 3.63) is 109 Å². The summed E-state index contributed by atoms with van der Waals surface area (Å²) in [4.78, 5) is 37.0. The fourth-order valence-corrected chi connectivity index (χ4v) is 6.04. The molecule has 0 spiro atoms. The zero-order valence-corrected chi connectivity index (χ0v) is 39.1. The Morgan fingerprint density at radius 2 is 0.918 bits per heavy atom. The lowest BCUT2D eigenvalue weighted by Gasteiger charge is -2.31. The lowest BCUT2D eigenvalue weighted by molar-refractivity contribution is -0.887. The van der Waals surface area contributed by atoms with E-state index in [1.165, 1.54) is 25.7 Å². The van der Waals surface area contributed by atoms with Gasteiger partial charge in [-0.05, 0) is 103 Å². The Morgan fingerprint density at radius 3 is 1.36 bits per heavy atom. The van der Waals surface area contributed by atoms with Crippen LogP contribution in [0.2, 0.25) is 0 Å². The van der Waals surface area contributed by atoms with Crippen LogP contribution in [0.4, 0.5) is 0 Å². The third kappa shape index (κ3) is 41.1. The SMILES string of the molecule is CC/C=C/C/C=C/C/C=C/C/C=C/CCCCCC(=O)OC(COCCC(C(=O)O)[N+](C)(C)C)COC(=O)CCCC/C=C/C/C=C/C/C=C/C/C=C/C/C=C/CCCCC. The fraction of sp³-hybridized carbons (Fsp3) is 0.604. The second-order valence-electron chi connectivity index (χ2n) is 16.3. The zero-order valence-electron chi connectivity index (χ0n) is 39.1. The van der Waals surface area contributed by atoms with Crippen LogP contribution in [0.5, 0.6) is 0 Å². The molecule has 0 bridgehead atoms. The molecule has 0 fully saturated rings. The van der Waals surface area contributed by atoms with Gasteiger partial charge in [0.25, 0.3) is 0 Å². The summed E-state index contributed by atoms with van der Waals surface area (Å²) in [6.07, 6.45) is 58.5. The monoisotopic (exact) mass is 849 g/mol. The van der Waals surface area contributed by atoms with Gasteiger partial charge in [-0.25, -0.2) is 4.79 Å². The van der Waals surface area contributed by atoms with Gasteiger partial charge in [0.2, 0.25) is 0 Å². The molecule has 0 aromatic heterocycles. The maximum absolute atomic E-state index is 12.7. The highest BCUT2D eigenvalue weighted by atomic mass is 16.6. The molecule has 344 valence electrons. The molecule has 0 saturated heterocycles. The summed E-state index contributed by atoms with van der Waals surface area (Å²) in [5.74, 6) is -1.58. The number of unbranched alkanes of at least 4 members (excludes halogenated alkanes) is 8. The Morgan fingerprint density at radius 1 is 0.508 bits per heavy atom. The van der Waals surface area contributed by atoms with Crippen LogP contribution in [0, 0.1) is 0 Å². The average Bonchev–Trinajstić information content (AvgIpc) is 3.22. The Balaban J connectivity index is 4.47. The number of likely N-dealkylation sites (N-methyl/N-ethyl adjacent to an activating group) is 1. The summed E-state index contributed by atoms with van der Waals surface area (Å²) >= 11 is 0. The maximum atomic E-state index is 12.7. The summed E-state index contributed by atoms with van der Waals surface area (Å²) < 4.78 is 17.2. The third-order valence-electron chi connectivity index (χ3n) is 9.66. The van der Waals surface area contributed by atoms with Crippen molar-refractivity contribution in [2.24, 2.45) is 0 Å². The highest BCUT2D eigenvalue weighted by Gasteiger charge is 2.31. The van der Waals surface area contributed by atoms with Gasteiger partial charge in [0.1, 0.15) is 6.61 Å². The standard InChI is InChI=1S/C53H85NO7/c1-6-8-10-12-14-16-18-20-22-24-25-26-27-28-30-31-33-35-37-39-41-43-51(55)60-48-49(47-59-46-45-50(53(57)58)54(3,4)5)61-52(56)44-42-40-38-36-34-32-29-23-21-19-17-15-13-11-9-7-2/h9,11,14-17,20-23,25-26,28,30,32-35,49-50H,6-8,10,12-13,18-19,24,27,29,31,36-48H2,1-5H3/p+1/b11-9+,16-14+,17-15+,22-20+,23-21+,26-25+,30-28+,34-32+,35-33+. The van der Waals surface area contributed by atoms with E-state index >= 15 is 0 Å². The number of aliphatic carboxylic acids is 1. The quantitative estimate of drug-likeness (QED) is 0.0284. The Bertz CT molecular complexity index is 1360. The normalized spacial score (nSPS) is 13.9. The van der Waals surface area contributed by atoms with E-state index in [0.29, 0.717) is 19.3 Å². The molecule has 0 aliphatic carbocycles. The summed E-state index contributed by atoms with van der Waals surface area (Å²) in [5.41, 5.74) is 0. The Hall–Kier alpha value is -4.01. The smallest absolute Gasteiger partial charge is 0.362 e. The number of allylic oxidation sites excluding steroid dienone is 18. The summed E-state index contributed by atoms with van der Waals surface area (Å²) in [6, 6.07) is -0.635. The summed E-state index contributed by atoms with van der Waals surface area (Å²) in [5, 5.41) is 9.63. The fourth-order valence-electron chi connectivity index (χ4n) is 6.04. The largest absolute Gasteiger partial charge is 0.477 e. The van der Waals surface area contributed by atoms with E-state index in [0.717, 1.165) is 83.5 Å². The van der Waals surface area contributed by atoms with Crippen molar-refractivity contribution < 1.29 is 38.2 Å². The molecule has 2 unspecified atom stereocenters. The van der Waals surface area contributed by atoms with Gasteiger partial charge in [-0.1, -0.05) is 142 Å². The van der Waals surface area contributed by atoms with Crippen LogP contribution < -0.4 is 0 Å². The van der Waals surface area contributed by atoms with Crippen LogP contribution >= 0.6 is 0 Å². The first kappa shape index (κ1) is 57.0. The van der Waals surface area contributed by atoms with Crippen LogP contribution in [0.15, 0.2) is 109 Å². The highest BCUT2D eigenvalue weighted by molar-refractivity contribution is 5.72. The topological polar surface area (TPSA) is 99.1 Å². The lowest BCUT2D eigenvalue weighted by Crippen LogP contribution is -2.50. The van der Waals surface area contributed by atoms with Gasteiger partial charge < -0.3 is 23.8 Å². The lowest BCUT2D eigenvalue weighted by atomic mass is 10.1. The first-order chi connectivity index (χ1) is 29.6. The number of rotatable bonds is 40. The van der Waals surface area contributed by atoms with Crippen molar-refractivity contribution in [2.75, 3.05) is 41.0 Å². The van der Waals surface area contributed by atoms with E-state index < -0.39 is 18.1 Å². The van der Waals surface area contributed by atoms with Gasteiger partial charge in [-0.3, -0.25) is 9.59 Å². The number of ether oxygens (including phenoxy) is 3. The number of quaternary nitrogens is 1. The summed E-state index contributed by atoms with van der Waals surface area (Å²) in [7, 11) is 5.49. The minimum absolute atomic E-state index is 0.0264. The van der Waals surface area contributed by atoms with E-state index in [4.69, 9.17) is 14.2 Å². The van der Waals surface area contributed by atoms with Crippen molar-refractivity contribution in [2.45, 2.75) is 167 Å². The van der Waals surface area contributed by atoms with Crippen LogP contribution in [0.1, 0.15) is 155 Å². The molecular formula is C53H86NO7+. The van der Waals surface area contributed by atoms with Crippen LogP contribution in [0.3, 0.4) is 0 Å². The molecule has 1 N–H and O–H groups in total. The number of carbonyl (C=O) groups excluding carboxylic acids is 2. The zero-order chi connectivity index (χ0) is 44.9. The molecule has 0 saturated carbocycles. The predicted octanol–water partition coefficient (Wildman–Crippen LogP) is 13.2. The van der Waals surface area contributed by atoms with Gasteiger partial charge in [0.05, 0.1) is 34.4 Å². The molecule has 0 radical (unpaired) electrons. The highest BCUT2D eigenvalue weighted by Crippen LogP contribution is 2.11. The second kappa shape index (κ2) is 42.7. The molecule has 8 heteroatoms. The van der Waals surface area contributed by atoms with E-state index in [1.54, 1.807) is 0 Å². The number of esters is 2. The van der Waals surface area contributed by atoms with Gasteiger partial charge in [-0.15, -0.1) is 0 Å². The number of carbonyl (C=O) groups is 3. The molecule has 2 atom stereocenters. The molecule has 0 rings (SSSR count). The van der Waals surface area contributed by atoms with Gasteiger partial charge in [0.15, 0.2) is 12.1 Å². The van der Waals surface area contributed by atoms with Crippen LogP contribution in [0.25, 0.3) is 0 Å². The van der Waals surface area contributed by atoms with Gasteiger partial charge in [0, 0.05) is 19.3 Å². The van der Waals surface area contributed by atoms with Gasteiger partial charge >= 0.3 is 17.9 Å². The molecule has 0 amide bonds.